The van der Waals surface area contributed by atoms with Gasteiger partial charge in [-0.3, -0.25) is 9.59 Å². The standard InChI is InChI=1S/C20H19Cl2FN2O2/c21-16-6-3-5-15(19(16)22)20(27)25-12-10-24(11-13-25)18(26)9-8-14-4-1-2-7-17(14)23/h1-7H,8-13H2. The highest BCUT2D eigenvalue weighted by atomic mass is 35.5. The van der Waals surface area contributed by atoms with E-state index in [4.69, 9.17) is 23.2 Å². The van der Waals surface area contributed by atoms with Gasteiger partial charge in [-0.05, 0) is 30.2 Å². The molecule has 0 saturated carbocycles. The lowest BCUT2D eigenvalue weighted by molar-refractivity contribution is -0.132. The minimum atomic E-state index is -0.292. The van der Waals surface area contributed by atoms with Crippen LogP contribution in [0.5, 0.6) is 0 Å². The first-order chi connectivity index (χ1) is 13.0. The summed E-state index contributed by atoms with van der Waals surface area (Å²) in [4.78, 5) is 28.4. The lowest BCUT2D eigenvalue weighted by Gasteiger charge is -2.35. The first-order valence-electron chi connectivity index (χ1n) is 8.72. The first-order valence-corrected chi connectivity index (χ1v) is 9.47. The van der Waals surface area contributed by atoms with Crippen LogP contribution in [0.3, 0.4) is 0 Å². The fourth-order valence-corrected chi connectivity index (χ4v) is 3.48. The van der Waals surface area contributed by atoms with Crippen LogP contribution in [0.1, 0.15) is 22.3 Å². The van der Waals surface area contributed by atoms with Gasteiger partial charge in [0, 0.05) is 32.6 Å². The molecule has 0 aliphatic carbocycles. The van der Waals surface area contributed by atoms with E-state index in [0.717, 1.165) is 0 Å². The van der Waals surface area contributed by atoms with Crippen molar-refractivity contribution in [2.75, 3.05) is 26.2 Å². The molecular weight excluding hydrogens is 390 g/mol. The number of rotatable bonds is 4. The number of amides is 2. The summed E-state index contributed by atoms with van der Waals surface area (Å²) in [6.07, 6.45) is 0.609. The van der Waals surface area contributed by atoms with Gasteiger partial charge in [0.1, 0.15) is 5.82 Å². The summed E-state index contributed by atoms with van der Waals surface area (Å²) in [6, 6.07) is 11.4. The topological polar surface area (TPSA) is 40.6 Å². The Kier molecular flexibility index (Phi) is 6.34. The minimum Gasteiger partial charge on any atom is -0.339 e. The van der Waals surface area contributed by atoms with Crippen molar-refractivity contribution in [3.05, 3.63) is 69.5 Å². The van der Waals surface area contributed by atoms with E-state index in [-0.39, 0.29) is 29.1 Å². The number of halogens is 3. The average molecular weight is 409 g/mol. The van der Waals surface area contributed by atoms with Gasteiger partial charge in [-0.15, -0.1) is 0 Å². The van der Waals surface area contributed by atoms with Crippen LogP contribution in [0.2, 0.25) is 10.0 Å². The third-order valence-corrected chi connectivity index (χ3v) is 5.49. The zero-order valence-electron chi connectivity index (χ0n) is 14.6. The SMILES string of the molecule is O=C(CCc1ccccc1F)N1CCN(C(=O)c2cccc(Cl)c2Cl)CC1. The molecule has 1 aliphatic rings. The van der Waals surface area contributed by atoms with Crippen LogP contribution in [-0.4, -0.2) is 47.8 Å². The second kappa shape index (κ2) is 8.72. The van der Waals surface area contributed by atoms with Crippen LogP contribution in [0.25, 0.3) is 0 Å². The van der Waals surface area contributed by atoms with Crippen molar-refractivity contribution in [1.29, 1.82) is 0 Å². The minimum absolute atomic E-state index is 0.0360. The van der Waals surface area contributed by atoms with Crippen molar-refractivity contribution in [3.63, 3.8) is 0 Å². The molecule has 4 nitrogen and oxygen atoms in total. The molecule has 0 bridgehead atoms. The van der Waals surface area contributed by atoms with Gasteiger partial charge in [0.15, 0.2) is 0 Å². The largest absolute Gasteiger partial charge is 0.339 e. The van der Waals surface area contributed by atoms with Crippen LogP contribution in [0.15, 0.2) is 42.5 Å². The second-order valence-electron chi connectivity index (χ2n) is 6.37. The summed E-state index contributed by atoms with van der Waals surface area (Å²) in [5, 5.41) is 0.581. The summed E-state index contributed by atoms with van der Waals surface area (Å²) >= 11 is 12.1. The first kappa shape index (κ1) is 19.6. The third kappa shape index (κ3) is 4.60. The van der Waals surface area contributed by atoms with E-state index in [1.165, 1.54) is 6.07 Å². The van der Waals surface area contributed by atoms with Crippen molar-refractivity contribution >= 4 is 35.0 Å². The molecule has 142 valence electrons. The van der Waals surface area contributed by atoms with Crippen molar-refractivity contribution < 1.29 is 14.0 Å². The van der Waals surface area contributed by atoms with E-state index in [9.17, 15) is 14.0 Å². The van der Waals surface area contributed by atoms with Gasteiger partial charge in [0.2, 0.25) is 5.91 Å². The van der Waals surface area contributed by atoms with Crippen LogP contribution < -0.4 is 0 Å². The lowest BCUT2D eigenvalue weighted by atomic mass is 10.1. The summed E-state index contributed by atoms with van der Waals surface area (Å²) in [5.41, 5.74) is 0.902. The lowest BCUT2D eigenvalue weighted by Crippen LogP contribution is -2.50. The van der Waals surface area contributed by atoms with Gasteiger partial charge in [-0.2, -0.15) is 0 Å². The highest BCUT2D eigenvalue weighted by Crippen LogP contribution is 2.26. The number of aryl methyl sites for hydroxylation is 1. The molecule has 0 atom stereocenters. The molecule has 1 saturated heterocycles. The monoisotopic (exact) mass is 408 g/mol. The van der Waals surface area contributed by atoms with Gasteiger partial charge in [0.05, 0.1) is 15.6 Å². The number of benzene rings is 2. The number of nitrogens with zero attached hydrogens (tertiary/aromatic N) is 2. The maximum atomic E-state index is 13.7. The van der Waals surface area contributed by atoms with E-state index in [1.807, 2.05) is 0 Å². The Hall–Kier alpha value is -2.11. The molecule has 0 unspecified atom stereocenters. The van der Waals surface area contributed by atoms with Crippen LogP contribution in [0.4, 0.5) is 4.39 Å². The Morgan fingerprint density at radius 1 is 0.926 bits per heavy atom. The van der Waals surface area contributed by atoms with Crippen molar-refractivity contribution in [2.45, 2.75) is 12.8 Å². The maximum Gasteiger partial charge on any atom is 0.255 e. The molecule has 1 aliphatic heterocycles. The van der Waals surface area contributed by atoms with E-state index in [2.05, 4.69) is 0 Å². The second-order valence-corrected chi connectivity index (χ2v) is 7.15. The molecule has 2 aromatic rings. The summed E-state index contributed by atoms with van der Waals surface area (Å²) in [7, 11) is 0. The Balaban J connectivity index is 1.54. The van der Waals surface area contributed by atoms with Crippen molar-refractivity contribution in [1.82, 2.24) is 9.80 Å². The molecule has 7 heteroatoms. The zero-order valence-corrected chi connectivity index (χ0v) is 16.1. The Bertz CT molecular complexity index is 852. The van der Waals surface area contributed by atoms with E-state index in [1.54, 1.807) is 46.2 Å². The molecule has 2 amide bonds. The molecular formula is C20H19Cl2FN2O2. The Labute approximate surface area is 167 Å². The Morgan fingerprint density at radius 3 is 2.30 bits per heavy atom. The number of piperazine rings is 1. The third-order valence-electron chi connectivity index (χ3n) is 4.67. The molecule has 3 rings (SSSR count). The number of hydrogen-bond acceptors (Lipinski definition) is 2. The van der Waals surface area contributed by atoms with E-state index < -0.39 is 0 Å². The number of carbonyl (C=O) groups excluding carboxylic acids is 2. The van der Waals surface area contributed by atoms with Crippen molar-refractivity contribution in [2.24, 2.45) is 0 Å². The molecule has 1 heterocycles. The molecule has 0 spiro atoms. The highest BCUT2D eigenvalue weighted by Gasteiger charge is 2.26. The van der Waals surface area contributed by atoms with Crippen LogP contribution in [0, 0.1) is 5.82 Å². The Morgan fingerprint density at radius 2 is 1.59 bits per heavy atom. The average Bonchev–Trinajstić information content (AvgIpc) is 2.69. The molecule has 27 heavy (non-hydrogen) atoms. The predicted octanol–water partition coefficient (Wildman–Crippen LogP) is 4.05. The molecule has 2 aromatic carbocycles. The molecule has 0 radical (unpaired) electrons. The summed E-state index contributed by atoms with van der Waals surface area (Å²) in [6.45, 7) is 1.74. The normalized spacial score (nSPS) is 14.3. The molecule has 0 N–H and O–H groups in total. The van der Waals surface area contributed by atoms with Gasteiger partial charge in [-0.25, -0.2) is 4.39 Å². The maximum absolute atomic E-state index is 13.7. The predicted molar refractivity (Wildman–Crippen MR) is 104 cm³/mol. The van der Waals surface area contributed by atoms with Crippen LogP contribution >= 0.6 is 23.2 Å². The van der Waals surface area contributed by atoms with Gasteiger partial charge >= 0.3 is 0 Å². The van der Waals surface area contributed by atoms with E-state index in [0.29, 0.717) is 48.7 Å². The quantitative estimate of drug-likeness (QED) is 0.765. The summed E-state index contributed by atoms with van der Waals surface area (Å²) in [5.74, 6) is -0.522. The smallest absolute Gasteiger partial charge is 0.255 e. The van der Waals surface area contributed by atoms with Crippen molar-refractivity contribution in [3.8, 4) is 0 Å². The highest BCUT2D eigenvalue weighted by molar-refractivity contribution is 6.43. The van der Waals surface area contributed by atoms with Crippen LogP contribution in [-0.2, 0) is 11.2 Å². The van der Waals surface area contributed by atoms with Gasteiger partial charge in [-0.1, -0.05) is 47.5 Å². The fraction of sp³-hybridized carbons (Fsp3) is 0.300. The molecule has 1 fully saturated rings. The molecule has 0 aromatic heterocycles. The summed E-state index contributed by atoms with van der Waals surface area (Å²) < 4.78 is 13.7. The number of carbonyl (C=O) groups is 2. The van der Waals surface area contributed by atoms with Gasteiger partial charge < -0.3 is 9.80 Å². The number of hydrogen-bond donors (Lipinski definition) is 0. The van der Waals surface area contributed by atoms with E-state index >= 15 is 0 Å². The fourth-order valence-electron chi connectivity index (χ4n) is 3.10. The van der Waals surface area contributed by atoms with Gasteiger partial charge in [0.25, 0.3) is 5.91 Å². The zero-order chi connectivity index (χ0) is 19.4.